The monoisotopic (exact) mass is 360 g/mol. The van der Waals surface area contributed by atoms with Gasteiger partial charge in [0.25, 0.3) is 0 Å². The number of aryl methyl sites for hydroxylation is 1. The Morgan fingerprint density at radius 3 is 2.40 bits per heavy atom. The molecule has 0 amide bonds. The molecule has 0 aliphatic rings. The highest BCUT2D eigenvalue weighted by atomic mass is 35.7. The third-order valence-corrected chi connectivity index (χ3v) is 9.71. The van der Waals surface area contributed by atoms with E-state index >= 15 is 0 Å². The summed E-state index contributed by atoms with van der Waals surface area (Å²) in [7, 11) is -2.64. The molecule has 20 heavy (non-hydrogen) atoms. The zero-order valence-corrected chi connectivity index (χ0v) is 18.5. The molecule has 0 aromatic heterocycles. The van der Waals surface area contributed by atoms with Crippen LogP contribution in [0, 0.1) is 6.92 Å². The van der Waals surface area contributed by atoms with Crippen LogP contribution in [0.25, 0.3) is 0 Å². The van der Waals surface area contributed by atoms with Crippen LogP contribution in [0.2, 0.25) is 19.1 Å². The topological polar surface area (TPSA) is 0 Å². The summed E-state index contributed by atoms with van der Waals surface area (Å²) in [6, 6.07) is 5.68. The van der Waals surface area contributed by atoms with Crippen molar-refractivity contribution < 1.29 is 0 Å². The molecule has 0 N–H and O–H groups in total. The summed E-state index contributed by atoms with van der Waals surface area (Å²) in [6.07, 6.45) is 1.09. The Balaban J connectivity index is 3.21. The van der Waals surface area contributed by atoms with E-state index in [0.717, 1.165) is 12.5 Å². The zero-order valence-electron chi connectivity index (χ0n) is 13.3. The largest absolute Gasteiger partial charge is 0.237 e. The second-order valence-electron chi connectivity index (χ2n) is 6.00. The molecule has 0 atom stereocenters. The maximum atomic E-state index is 6.09. The SMILES string of the molecule is CC(C)=C[SiH2]c1ccc(C)c([SiH](C)C)c1CC[SiH](Cl)Cl. The lowest BCUT2D eigenvalue weighted by molar-refractivity contribution is 1.15. The summed E-state index contributed by atoms with van der Waals surface area (Å²) >= 11 is 12.2. The lowest BCUT2D eigenvalue weighted by Gasteiger charge is -2.19. The molecule has 0 saturated heterocycles. The van der Waals surface area contributed by atoms with Crippen molar-refractivity contribution in [1.82, 2.24) is 0 Å². The van der Waals surface area contributed by atoms with E-state index in [-0.39, 0.29) is 9.52 Å². The number of hydrogen-bond acceptors (Lipinski definition) is 0. The minimum absolute atomic E-state index is 0.313. The van der Waals surface area contributed by atoms with Gasteiger partial charge >= 0.3 is 0 Å². The highest BCUT2D eigenvalue weighted by molar-refractivity contribution is 7.33. The van der Waals surface area contributed by atoms with Crippen molar-refractivity contribution in [2.45, 2.75) is 46.3 Å². The van der Waals surface area contributed by atoms with Crippen molar-refractivity contribution in [2.24, 2.45) is 0 Å². The standard InChI is InChI=1S/C15H26Cl2Si3/c1-11(2)10-18-14-7-6-12(3)15(19(4)5)13(14)8-9-20(16)17/h6-7,10,19-20H,8-9,18H2,1-5H3. The molecule has 5 heteroatoms. The fraction of sp³-hybridized carbons (Fsp3) is 0.467. The maximum Gasteiger partial charge on any atom is 0.237 e. The van der Waals surface area contributed by atoms with Crippen LogP contribution in [0.3, 0.4) is 0 Å². The molecule has 1 aromatic carbocycles. The molecule has 0 heterocycles. The van der Waals surface area contributed by atoms with Crippen LogP contribution in [-0.4, -0.2) is 25.7 Å². The van der Waals surface area contributed by atoms with Gasteiger partial charge < -0.3 is 0 Å². The Morgan fingerprint density at radius 2 is 1.90 bits per heavy atom. The van der Waals surface area contributed by atoms with E-state index in [1.165, 1.54) is 11.1 Å². The average Bonchev–Trinajstić information content (AvgIpc) is 2.34. The molecular weight excluding hydrogens is 335 g/mol. The molecular formula is C15H26Cl2Si3. The van der Waals surface area contributed by atoms with E-state index in [1.54, 1.807) is 15.9 Å². The van der Waals surface area contributed by atoms with Gasteiger partial charge in [0.1, 0.15) is 0 Å². The van der Waals surface area contributed by atoms with Crippen molar-refractivity contribution in [1.29, 1.82) is 0 Å². The third kappa shape index (κ3) is 5.53. The van der Waals surface area contributed by atoms with Crippen LogP contribution in [0.1, 0.15) is 25.0 Å². The van der Waals surface area contributed by atoms with Gasteiger partial charge in [-0.15, -0.1) is 0 Å². The van der Waals surface area contributed by atoms with Gasteiger partial charge in [-0.05, 0) is 33.2 Å². The highest BCUT2D eigenvalue weighted by Gasteiger charge is 2.15. The lowest BCUT2D eigenvalue weighted by atomic mass is 10.1. The van der Waals surface area contributed by atoms with E-state index in [0.29, 0.717) is 0 Å². The smallest absolute Gasteiger partial charge is 0.150 e. The maximum absolute atomic E-state index is 6.09. The van der Waals surface area contributed by atoms with Crippen LogP contribution in [0.15, 0.2) is 23.4 Å². The summed E-state index contributed by atoms with van der Waals surface area (Å²) in [5.41, 5.74) is 6.97. The number of rotatable bonds is 6. The van der Waals surface area contributed by atoms with Crippen molar-refractivity contribution in [2.75, 3.05) is 0 Å². The molecule has 0 radical (unpaired) electrons. The van der Waals surface area contributed by atoms with Gasteiger partial charge in [0.05, 0.1) is 18.3 Å². The van der Waals surface area contributed by atoms with E-state index in [1.807, 2.05) is 0 Å². The van der Waals surface area contributed by atoms with Crippen LogP contribution >= 0.6 is 22.2 Å². The molecule has 0 unspecified atom stereocenters. The van der Waals surface area contributed by atoms with Gasteiger partial charge in [0.2, 0.25) is 7.42 Å². The van der Waals surface area contributed by atoms with Crippen molar-refractivity contribution >= 4 is 58.3 Å². The summed E-state index contributed by atoms with van der Waals surface area (Å²) in [4.78, 5) is 0. The lowest BCUT2D eigenvalue weighted by Crippen LogP contribution is -2.37. The quantitative estimate of drug-likeness (QED) is 0.540. The summed E-state index contributed by atoms with van der Waals surface area (Å²) in [5, 5.41) is 3.27. The zero-order chi connectivity index (χ0) is 15.3. The predicted molar refractivity (Wildman–Crippen MR) is 105 cm³/mol. The van der Waals surface area contributed by atoms with E-state index < -0.39 is 16.2 Å². The highest BCUT2D eigenvalue weighted by Crippen LogP contribution is 2.11. The third-order valence-electron chi connectivity index (χ3n) is 3.59. The number of halogens is 2. The van der Waals surface area contributed by atoms with E-state index in [9.17, 15) is 0 Å². The molecule has 0 bridgehead atoms. The first-order valence-electron chi connectivity index (χ1n) is 7.35. The second kappa shape index (κ2) is 8.59. The van der Waals surface area contributed by atoms with Crippen molar-refractivity contribution in [3.05, 3.63) is 34.5 Å². The fourth-order valence-corrected chi connectivity index (χ4v) is 7.58. The molecule has 0 aliphatic carbocycles. The first-order valence-corrected chi connectivity index (χ1v) is 16.1. The molecule has 0 nitrogen and oxygen atoms in total. The Morgan fingerprint density at radius 1 is 1.25 bits per heavy atom. The molecule has 0 spiro atoms. The number of benzene rings is 1. The normalized spacial score (nSPS) is 11.8. The first kappa shape index (κ1) is 18.2. The Labute approximate surface area is 139 Å². The Hall–Kier alpha value is 0.191. The number of allylic oxidation sites excluding steroid dienone is 1. The van der Waals surface area contributed by atoms with Gasteiger partial charge in [0.15, 0.2) is 0 Å². The van der Waals surface area contributed by atoms with Crippen molar-refractivity contribution in [3.8, 4) is 0 Å². The van der Waals surface area contributed by atoms with Crippen LogP contribution < -0.4 is 10.4 Å². The molecule has 0 aliphatic heterocycles. The summed E-state index contributed by atoms with van der Waals surface area (Å²) in [5.74, 6) is 0. The molecule has 0 saturated carbocycles. The minimum atomic E-state index is -1.51. The summed E-state index contributed by atoms with van der Waals surface area (Å²) in [6.45, 7) is 11.5. The second-order valence-corrected chi connectivity index (χ2v) is 15.7. The fourth-order valence-electron chi connectivity index (χ4n) is 2.68. The Kier molecular flexibility index (Phi) is 7.83. The molecule has 0 fully saturated rings. The molecule has 112 valence electrons. The summed E-state index contributed by atoms with van der Waals surface area (Å²) < 4.78 is 0. The molecule has 1 rings (SSSR count). The van der Waals surface area contributed by atoms with Gasteiger partial charge in [-0.2, -0.15) is 22.2 Å². The predicted octanol–water partition coefficient (Wildman–Crippen LogP) is 2.65. The van der Waals surface area contributed by atoms with Crippen LogP contribution in [0.5, 0.6) is 0 Å². The van der Waals surface area contributed by atoms with Gasteiger partial charge in [0, 0.05) is 0 Å². The van der Waals surface area contributed by atoms with Crippen LogP contribution in [-0.2, 0) is 6.42 Å². The minimum Gasteiger partial charge on any atom is -0.150 e. The van der Waals surface area contributed by atoms with Gasteiger partial charge in [-0.3, -0.25) is 0 Å². The van der Waals surface area contributed by atoms with Gasteiger partial charge in [-0.1, -0.05) is 58.0 Å². The van der Waals surface area contributed by atoms with Crippen molar-refractivity contribution in [3.63, 3.8) is 0 Å². The first-order chi connectivity index (χ1) is 9.32. The van der Waals surface area contributed by atoms with Crippen LogP contribution in [0.4, 0.5) is 0 Å². The van der Waals surface area contributed by atoms with Gasteiger partial charge in [-0.25, -0.2) is 0 Å². The Bertz CT molecular complexity index is 478. The van der Waals surface area contributed by atoms with E-state index in [2.05, 4.69) is 51.7 Å². The number of hydrogen-bond donors (Lipinski definition) is 0. The average molecular weight is 362 g/mol. The molecule has 1 aromatic rings. The van der Waals surface area contributed by atoms with E-state index in [4.69, 9.17) is 22.2 Å².